The van der Waals surface area contributed by atoms with Gasteiger partial charge in [0.15, 0.2) is 0 Å². The van der Waals surface area contributed by atoms with Gasteiger partial charge in [-0.1, -0.05) is 30.3 Å². The van der Waals surface area contributed by atoms with E-state index in [0.29, 0.717) is 0 Å². The Hall–Kier alpha value is -1.54. The Balaban J connectivity index is 2.32. The van der Waals surface area contributed by atoms with Crippen LogP contribution in [0.5, 0.6) is 0 Å². The van der Waals surface area contributed by atoms with Gasteiger partial charge in [0, 0.05) is 0 Å². The first-order valence-electron chi connectivity index (χ1n) is 5.06. The highest BCUT2D eigenvalue weighted by molar-refractivity contribution is 5.29. The van der Waals surface area contributed by atoms with Crippen LogP contribution in [-0.4, -0.2) is 0 Å². The molecule has 78 valence electrons. The topological polar surface area (TPSA) is 39.2 Å². The summed E-state index contributed by atoms with van der Waals surface area (Å²) in [5.74, 6) is 1.77. The van der Waals surface area contributed by atoms with Crippen molar-refractivity contribution in [2.75, 3.05) is 0 Å². The molecule has 0 saturated heterocycles. The van der Waals surface area contributed by atoms with E-state index in [1.165, 1.54) is 0 Å². The normalized spacial score (nSPS) is 12.7. The summed E-state index contributed by atoms with van der Waals surface area (Å²) in [6, 6.07) is 11.8. The van der Waals surface area contributed by atoms with Crippen LogP contribution in [0.4, 0.5) is 0 Å². The molecular weight excluding hydrogens is 186 g/mol. The van der Waals surface area contributed by atoms with Crippen LogP contribution in [-0.2, 0) is 0 Å². The highest BCUT2D eigenvalue weighted by atomic mass is 16.3. The molecule has 2 aromatic rings. The summed E-state index contributed by atoms with van der Waals surface area (Å²) >= 11 is 0. The minimum absolute atomic E-state index is 0.168. The quantitative estimate of drug-likeness (QED) is 0.811. The molecule has 2 rings (SSSR count). The third kappa shape index (κ3) is 1.95. The van der Waals surface area contributed by atoms with Gasteiger partial charge in [-0.3, -0.25) is 0 Å². The number of nitrogens with two attached hydrogens (primary N) is 1. The molecule has 1 aromatic heterocycles. The lowest BCUT2D eigenvalue weighted by Crippen LogP contribution is -2.10. The molecule has 0 spiro atoms. The van der Waals surface area contributed by atoms with E-state index in [9.17, 15) is 0 Å². The molecule has 0 radical (unpaired) electrons. The first-order valence-corrected chi connectivity index (χ1v) is 5.06. The lowest BCUT2D eigenvalue weighted by atomic mass is 10.1. The third-order valence-electron chi connectivity index (χ3n) is 2.65. The van der Waals surface area contributed by atoms with Gasteiger partial charge in [-0.2, -0.15) is 0 Å². The second-order valence-corrected chi connectivity index (χ2v) is 3.78. The standard InChI is InChI=1S/C13H15NO/c1-9-8-12(15-10(9)2)13(14)11-6-4-3-5-7-11/h3-8,13H,14H2,1-2H3. The summed E-state index contributed by atoms with van der Waals surface area (Å²) in [6.45, 7) is 3.98. The van der Waals surface area contributed by atoms with E-state index in [4.69, 9.17) is 10.2 Å². The third-order valence-corrected chi connectivity index (χ3v) is 2.65. The number of rotatable bonds is 2. The Morgan fingerprint density at radius 1 is 1.13 bits per heavy atom. The van der Waals surface area contributed by atoms with E-state index >= 15 is 0 Å². The second-order valence-electron chi connectivity index (χ2n) is 3.78. The average molecular weight is 201 g/mol. The van der Waals surface area contributed by atoms with E-state index in [-0.39, 0.29) is 6.04 Å². The van der Waals surface area contributed by atoms with Crippen molar-refractivity contribution in [1.29, 1.82) is 0 Å². The maximum Gasteiger partial charge on any atom is 0.125 e. The second kappa shape index (κ2) is 3.91. The van der Waals surface area contributed by atoms with Gasteiger partial charge in [-0.15, -0.1) is 0 Å². The molecule has 2 N–H and O–H groups in total. The highest BCUT2D eigenvalue weighted by Crippen LogP contribution is 2.23. The van der Waals surface area contributed by atoms with Crippen molar-refractivity contribution in [2.24, 2.45) is 5.73 Å². The maximum absolute atomic E-state index is 6.10. The highest BCUT2D eigenvalue weighted by Gasteiger charge is 2.13. The summed E-state index contributed by atoms with van der Waals surface area (Å²) in [5, 5.41) is 0. The van der Waals surface area contributed by atoms with E-state index in [2.05, 4.69) is 0 Å². The molecule has 1 aromatic carbocycles. The van der Waals surface area contributed by atoms with Gasteiger partial charge < -0.3 is 10.2 Å². The van der Waals surface area contributed by atoms with Crippen LogP contribution in [0.25, 0.3) is 0 Å². The summed E-state index contributed by atoms with van der Waals surface area (Å²) in [4.78, 5) is 0. The largest absolute Gasteiger partial charge is 0.464 e. The molecule has 0 aliphatic rings. The minimum atomic E-state index is -0.168. The number of hydrogen-bond acceptors (Lipinski definition) is 2. The summed E-state index contributed by atoms with van der Waals surface area (Å²) in [5.41, 5.74) is 8.33. The molecular formula is C13H15NO. The summed E-state index contributed by atoms with van der Waals surface area (Å²) in [7, 11) is 0. The van der Waals surface area contributed by atoms with Crippen LogP contribution in [0.3, 0.4) is 0 Å². The van der Waals surface area contributed by atoms with Gasteiger partial charge in [0.2, 0.25) is 0 Å². The number of benzene rings is 1. The molecule has 1 unspecified atom stereocenters. The molecule has 1 heterocycles. The molecule has 0 bridgehead atoms. The van der Waals surface area contributed by atoms with Crippen molar-refractivity contribution in [2.45, 2.75) is 19.9 Å². The Labute approximate surface area is 89.7 Å². The van der Waals surface area contributed by atoms with Crippen molar-refractivity contribution in [3.05, 3.63) is 59.0 Å². The Bertz CT molecular complexity index is 425. The number of furan rings is 1. The zero-order valence-electron chi connectivity index (χ0n) is 9.03. The van der Waals surface area contributed by atoms with Crippen LogP contribution in [0.2, 0.25) is 0 Å². The average Bonchev–Trinajstić information content (AvgIpc) is 2.59. The zero-order valence-corrected chi connectivity index (χ0v) is 9.03. The predicted octanol–water partition coefficient (Wildman–Crippen LogP) is 2.94. The molecule has 0 fully saturated rings. The van der Waals surface area contributed by atoms with Crippen molar-refractivity contribution in [3.8, 4) is 0 Å². The predicted molar refractivity (Wildman–Crippen MR) is 60.7 cm³/mol. The fourth-order valence-corrected chi connectivity index (χ4v) is 1.58. The zero-order chi connectivity index (χ0) is 10.8. The van der Waals surface area contributed by atoms with E-state index in [0.717, 1.165) is 22.6 Å². The van der Waals surface area contributed by atoms with E-state index < -0.39 is 0 Å². The van der Waals surface area contributed by atoms with Crippen molar-refractivity contribution in [3.63, 3.8) is 0 Å². The minimum Gasteiger partial charge on any atom is -0.464 e. The fourth-order valence-electron chi connectivity index (χ4n) is 1.58. The molecule has 15 heavy (non-hydrogen) atoms. The van der Waals surface area contributed by atoms with E-state index in [1.54, 1.807) is 0 Å². The van der Waals surface area contributed by atoms with Crippen LogP contribution < -0.4 is 5.73 Å². The monoisotopic (exact) mass is 201 g/mol. The van der Waals surface area contributed by atoms with Gasteiger partial charge >= 0.3 is 0 Å². The first kappa shape index (κ1) is 9.99. The maximum atomic E-state index is 6.10. The number of aryl methyl sites for hydroxylation is 2. The van der Waals surface area contributed by atoms with Gasteiger partial charge in [-0.05, 0) is 31.0 Å². The van der Waals surface area contributed by atoms with Gasteiger partial charge in [0.25, 0.3) is 0 Å². The van der Waals surface area contributed by atoms with Gasteiger partial charge in [-0.25, -0.2) is 0 Å². The van der Waals surface area contributed by atoms with Crippen LogP contribution in [0, 0.1) is 13.8 Å². The van der Waals surface area contributed by atoms with Gasteiger partial charge in [0.05, 0.1) is 6.04 Å². The van der Waals surface area contributed by atoms with Crippen molar-refractivity contribution < 1.29 is 4.42 Å². The van der Waals surface area contributed by atoms with Crippen LogP contribution in [0.1, 0.15) is 28.7 Å². The Morgan fingerprint density at radius 2 is 1.80 bits per heavy atom. The van der Waals surface area contributed by atoms with Crippen LogP contribution in [0.15, 0.2) is 40.8 Å². The lowest BCUT2D eigenvalue weighted by Gasteiger charge is -2.08. The molecule has 1 atom stereocenters. The SMILES string of the molecule is Cc1cc(C(N)c2ccccc2)oc1C. The van der Waals surface area contributed by atoms with E-state index in [1.807, 2.05) is 50.2 Å². The summed E-state index contributed by atoms with van der Waals surface area (Å²) in [6.07, 6.45) is 0. The smallest absolute Gasteiger partial charge is 0.125 e. The fraction of sp³-hybridized carbons (Fsp3) is 0.231. The van der Waals surface area contributed by atoms with Crippen LogP contribution >= 0.6 is 0 Å². The lowest BCUT2D eigenvalue weighted by molar-refractivity contribution is 0.465. The first-order chi connectivity index (χ1) is 7.18. The molecule has 2 nitrogen and oxygen atoms in total. The van der Waals surface area contributed by atoms with Crippen molar-refractivity contribution >= 4 is 0 Å². The molecule has 0 amide bonds. The molecule has 0 aliphatic heterocycles. The molecule has 0 aliphatic carbocycles. The molecule has 2 heteroatoms. The van der Waals surface area contributed by atoms with Gasteiger partial charge in [0.1, 0.15) is 11.5 Å². The Kier molecular flexibility index (Phi) is 2.60. The Morgan fingerprint density at radius 3 is 2.33 bits per heavy atom. The summed E-state index contributed by atoms with van der Waals surface area (Å²) < 4.78 is 5.61. The molecule has 0 saturated carbocycles. The number of hydrogen-bond donors (Lipinski definition) is 1. The van der Waals surface area contributed by atoms with Crippen molar-refractivity contribution in [1.82, 2.24) is 0 Å².